The molecule has 0 saturated heterocycles. The van der Waals surface area contributed by atoms with E-state index >= 15 is 0 Å². The lowest BCUT2D eigenvalue weighted by Gasteiger charge is -2.26. The molecule has 0 aromatic rings. The number of carboxylic acid groups (broad SMARTS) is 1. The van der Waals surface area contributed by atoms with Crippen LogP contribution in [0, 0.1) is 5.41 Å². The Labute approximate surface area is 105 Å². The minimum Gasteiger partial charge on any atom is -0.481 e. The van der Waals surface area contributed by atoms with Crippen molar-refractivity contribution >= 4 is 23.3 Å². The molecule has 2 nitrogen and oxygen atoms in total. The van der Waals surface area contributed by atoms with E-state index < -0.39 is 11.4 Å². The molecule has 0 aliphatic heterocycles. The third-order valence-corrected chi connectivity index (χ3v) is 3.32. The molecule has 3 heteroatoms. The number of carbonyl (C=O) groups is 1. The van der Waals surface area contributed by atoms with Crippen molar-refractivity contribution in [3.8, 4) is 0 Å². The van der Waals surface area contributed by atoms with Gasteiger partial charge in [0.25, 0.3) is 0 Å². The van der Waals surface area contributed by atoms with Gasteiger partial charge in [-0.3, -0.25) is 4.79 Å². The van der Waals surface area contributed by atoms with Crippen LogP contribution >= 0.6 is 0 Å². The number of hydrogen-bond donors (Lipinski definition) is 1. The van der Waals surface area contributed by atoms with E-state index in [1.165, 1.54) is 19.3 Å². The molecule has 0 aromatic carbocycles. The Hall–Kier alpha value is 0.00247. The molecule has 0 spiro atoms. The Morgan fingerprint density at radius 2 is 1.60 bits per heavy atom. The second-order valence-corrected chi connectivity index (χ2v) is 4.10. The van der Waals surface area contributed by atoms with Gasteiger partial charge in [-0.15, -0.1) is 0 Å². The largest absolute Gasteiger partial charge is 0.481 e. The number of aliphatic carboxylic acids is 1. The van der Waals surface area contributed by atoms with Gasteiger partial charge in [0.1, 0.15) is 0 Å². The van der Waals surface area contributed by atoms with Gasteiger partial charge in [0.15, 0.2) is 17.4 Å². The lowest BCUT2D eigenvalue weighted by molar-refractivity contribution is -0.150. The molecule has 0 heterocycles. The van der Waals surface area contributed by atoms with Crippen LogP contribution in [0.25, 0.3) is 0 Å². The first-order valence-electron chi connectivity index (χ1n) is 5.86. The molecule has 1 N–H and O–H groups in total. The number of carboxylic acids is 1. The molecule has 0 unspecified atom stereocenters. The fourth-order valence-corrected chi connectivity index (χ4v) is 1.90. The zero-order chi connectivity index (χ0) is 11.0. The average Bonchev–Trinajstić information content (AvgIpc) is 2.18. The van der Waals surface area contributed by atoms with Crippen LogP contribution in [0.4, 0.5) is 0 Å². The third kappa shape index (κ3) is 5.59. The molecular weight excluding hydrogens is 203 g/mol. The maximum atomic E-state index is 11.1. The Bertz CT molecular complexity index is 165. The molecule has 0 aromatic heterocycles. The van der Waals surface area contributed by atoms with E-state index in [4.69, 9.17) is 0 Å². The lowest BCUT2D eigenvalue weighted by Crippen LogP contribution is -2.29. The van der Waals surface area contributed by atoms with Gasteiger partial charge in [0.05, 0.1) is 5.41 Å². The molecule has 0 aliphatic carbocycles. The highest BCUT2D eigenvalue weighted by Crippen LogP contribution is 2.33. The van der Waals surface area contributed by atoms with Crippen molar-refractivity contribution in [2.75, 3.05) is 0 Å². The predicted molar refractivity (Wildman–Crippen MR) is 69.3 cm³/mol. The number of hydrogen-bond acceptors (Lipinski definition) is 1. The van der Waals surface area contributed by atoms with Crippen molar-refractivity contribution in [2.24, 2.45) is 5.41 Å². The van der Waals surface area contributed by atoms with Crippen LogP contribution in [0.3, 0.4) is 0 Å². The molecule has 90 valence electrons. The summed E-state index contributed by atoms with van der Waals surface area (Å²) >= 11 is 0. The molecule has 0 atom stereocenters. The zero-order valence-corrected chi connectivity index (χ0v) is 9.81. The summed E-state index contributed by atoms with van der Waals surface area (Å²) < 4.78 is 0. The van der Waals surface area contributed by atoms with Gasteiger partial charge in [-0.05, 0) is 19.3 Å². The van der Waals surface area contributed by atoms with E-state index in [-0.39, 0.29) is 17.4 Å². The van der Waals surface area contributed by atoms with E-state index in [2.05, 4.69) is 6.92 Å². The summed E-state index contributed by atoms with van der Waals surface area (Å²) in [5.41, 5.74) is -0.451. The molecule has 15 heavy (non-hydrogen) atoms. The standard InChI is InChI=1S/C12H24O2.Al.3H/c1-4-7-8-9-10-12(5-2,6-3)11(13)14;;;;/h4-10H2,1-3H3,(H,13,14);;;;. The van der Waals surface area contributed by atoms with Gasteiger partial charge in [-0.1, -0.05) is 46.5 Å². The van der Waals surface area contributed by atoms with Crippen LogP contribution in [0.5, 0.6) is 0 Å². The highest BCUT2D eigenvalue weighted by molar-refractivity contribution is 5.75. The fraction of sp³-hybridized carbons (Fsp3) is 0.917. The summed E-state index contributed by atoms with van der Waals surface area (Å²) in [6.07, 6.45) is 7.01. The minimum absolute atomic E-state index is 0. The molecule has 0 amide bonds. The first-order chi connectivity index (χ1) is 6.63. The maximum absolute atomic E-state index is 11.1. The smallest absolute Gasteiger partial charge is 0.309 e. The van der Waals surface area contributed by atoms with Gasteiger partial charge in [0.2, 0.25) is 0 Å². The minimum atomic E-state index is -0.612. The van der Waals surface area contributed by atoms with Gasteiger partial charge in [-0.25, -0.2) is 0 Å². The molecule has 0 radical (unpaired) electrons. The summed E-state index contributed by atoms with van der Waals surface area (Å²) in [7, 11) is 0. The van der Waals surface area contributed by atoms with Crippen molar-refractivity contribution in [1.29, 1.82) is 0 Å². The van der Waals surface area contributed by atoms with Crippen molar-refractivity contribution in [3.05, 3.63) is 0 Å². The van der Waals surface area contributed by atoms with Gasteiger partial charge in [0, 0.05) is 0 Å². The second-order valence-electron chi connectivity index (χ2n) is 4.10. The second kappa shape index (κ2) is 9.24. The Morgan fingerprint density at radius 3 is 1.93 bits per heavy atom. The number of unbranched alkanes of at least 4 members (excludes halogenated alkanes) is 3. The number of rotatable bonds is 8. The van der Waals surface area contributed by atoms with Crippen LogP contribution in [0.15, 0.2) is 0 Å². The SMILES string of the molecule is CCCCCCC(CC)(CC)C(=O)O.[AlH3]. The summed E-state index contributed by atoms with van der Waals surface area (Å²) in [5, 5.41) is 9.18. The van der Waals surface area contributed by atoms with Gasteiger partial charge in [-0.2, -0.15) is 0 Å². The summed E-state index contributed by atoms with van der Waals surface area (Å²) in [6, 6.07) is 0. The zero-order valence-electron chi connectivity index (χ0n) is 9.81. The van der Waals surface area contributed by atoms with Gasteiger partial charge < -0.3 is 5.11 Å². The van der Waals surface area contributed by atoms with Gasteiger partial charge >= 0.3 is 5.97 Å². The fourth-order valence-electron chi connectivity index (χ4n) is 1.90. The van der Waals surface area contributed by atoms with E-state index in [1.54, 1.807) is 0 Å². The molecule has 0 rings (SSSR count). The van der Waals surface area contributed by atoms with E-state index in [0.717, 1.165) is 25.7 Å². The normalized spacial score (nSPS) is 10.9. The summed E-state index contributed by atoms with van der Waals surface area (Å²) in [6.45, 7) is 6.14. The van der Waals surface area contributed by atoms with E-state index in [0.29, 0.717) is 0 Å². The maximum Gasteiger partial charge on any atom is 0.309 e. The topological polar surface area (TPSA) is 37.3 Å². The lowest BCUT2D eigenvalue weighted by atomic mass is 9.78. The monoisotopic (exact) mass is 230 g/mol. The van der Waals surface area contributed by atoms with E-state index in [1.807, 2.05) is 13.8 Å². The highest BCUT2D eigenvalue weighted by atomic mass is 27.0. The Balaban J connectivity index is 0. The molecule has 0 aliphatic rings. The third-order valence-electron chi connectivity index (χ3n) is 3.32. The molecule has 0 fully saturated rings. The van der Waals surface area contributed by atoms with Crippen LogP contribution < -0.4 is 0 Å². The van der Waals surface area contributed by atoms with Crippen molar-refractivity contribution in [2.45, 2.75) is 65.7 Å². The quantitative estimate of drug-likeness (QED) is 0.514. The van der Waals surface area contributed by atoms with E-state index in [9.17, 15) is 9.90 Å². The summed E-state index contributed by atoms with van der Waals surface area (Å²) in [4.78, 5) is 11.1. The Kier molecular flexibility index (Phi) is 10.7. The first kappa shape index (κ1) is 17.4. The molecule has 0 saturated carbocycles. The highest BCUT2D eigenvalue weighted by Gasteiger charge is 2.33. The van der Waals surface area contributed by atoms with Crippen molar-refractivity contribution < 1.29 is 9.90 Å². The summed E-state index contributed by atoms with van der Waals surface area (Å²) in [5.74, 6) is -0.612. The molecule has 0 bridgehead atoms. The average molecular weight is 230 g/mol. The van der Waals surface area contributed by atoms with Crippen molar-refractivity contribution in [1.82, 2.24) is 0 Å². The van der Waals surface area contributed by atoms with Crippen LogP contribution in [-0.2, 0) is 4.79 Å². The molecular formula is C12H27AlO2. The first-order valence-corrected chi connectivity index (χ1v) is 5.86. The van der Waals surface area contributed by atoms with Crippen LogP contribution in [-0.4, -0.2) is 28.4 Å². The van der Waals surface area contributed by atoms with Crippen LogP contribution in [0.1, 0.15) is 65.7 Å². The Morgan fingerprint density at radius 1 is 1.07 bits per heavy atom. The predicted octanol–water partition coefficient (Wildman–Crippen LogP) is 2.66. The van der Waals surface area contributed by atoms with Crippen molar-refractivity contribution in [3.63, 3.8) is 0 Å². The van der Waals surface area contributed by atoms with Crippen LogP contribution in [0.2, 0.25) is 0 Å².